The molecule has 0 saturated heterocycles. The van der Waals surface area contributed by atoms with Crippen LogP contribution in [0.1, 0.15) is 41.4 Å². The zero-order valence-corrected chi connectivity index (χ0v) is 14.6. The molecule has 2 aromatic carbocycles. The van der Waals surface area contributed by atoms with Gasteiger partial charge in [0.05, 0.1) is 27.5 Å². The van der Waals surface area contributed by atoms with Crippen LogP contribution < -0.4 is 5.32 Å². The van der Waals surface area contributed by atoms with Crippen molar-refractivity contribution in [2.75, 3.05) is 0 Å². The normalized spacial score (nSPS) is 11.8. The third kappa shape index (κ3) is 4.02. The van der Waals surface area contributed by atoms with Gasteiger partial charge in [-0.3, -0.25) is 25.0 Å². The molecule has 2 rings (SSSR count). The Bertz CT molecular complexity index is 849. The molecule has 1 atom stereocenters. The minimum absolute atomic E-state index is 0.0512. The van der Waals surface area contributed by atoms with Crippen LogP contribution in [0.5, 0.6) is 0 Å². The zero-order chi connectivity index (χ0) is 19.4. The maximum atomic E-state index is 12.7. The van der Waals surface area contributed by atoms with Crippen molar-refractivity contribution in [1.29, 1.82) is 0 Å². The topological polar surface area (TPSA) is 115 Å². The predicted octanol–water partition coefficient (Wildman–Crippen LogP) is 3.94. The maximum absolute atomic E-state index is 12.7. The largest absolute Gasteiger partial charge is 0.345 e. The first-order valence-corrected chi connectivity index (χ1v) is 8.01. The number of amides is 1. The van der Waals surface area contributed by atoms with Crippen LogP contribution in [0.3, 0.4) is 0 Å². The summed E-state index contributed by atoms with van der Waals surface area (Å²) in [5, 5.41) is 25.1. The first kappa shape index (κ1) is 19.0. The highest BCUT2D eigenvalue weighted by atomic mass is 16.6. The van der Waals surface area contributed by atoms with Gasteiger partial charge in [0.15, 0.2) is 0 Å². The lowest BCUT2D eigenvalue weighted by atomic mass is 9.95. The molecule has 0 bridgehead atoms. The molecule has 2 aromatic rings. The number of nitro benzene ring substituents is 2. The van der Waals surface area contributed by atoms with Crippen molar-refractivity contribution in [2.45, 2.75) is 26.8 Å². The van der Waals surface area contributed by atoms with E-state index in [2.05, 4.69) is 5.32 Å². The van der Waals surface area contributed by atoms with E-state index in [0.717, 1.165) is 17.7 Å². The summed E-state index contributed by atoms with van der Waals surface area (Å²) in [4.78, 5) is 33.5. The Labute approximate surface area is 150 Å². The van der Waals surface area contributed by atoms with Crippen LogP contribution in [0, 0.1) is 33.1 Å². The van der Waals surface area contributed by atoms with E-state index in [0.29, 0.717) is 0 Å². The molecule has 0 aliphatic heterocycles. The van der Waals surface area contributed by atoms with Crippen molar-refractivity contribution in [3.05, 3.63) is 79.4 Å². The summed E-state index contributed by atoms with van der Waals surface area (Å²) < 4.78 is 0. The van der Waals surface area contributed by atoms with E-state index >= 15 is 0 Å². The lowest BCUT2D eigenvalue weighted by molar-refractivity contribution is -0.394. The maximum Gasteiger partial charge on any atom is 0.279 e. The van der Waals surface area contributed by atoms with Crippen molar-refractivity contribution < 1.29 is 14.6 Å². The predicted molar refractivity (Wildman–Crippen MR) is 96.0 cm³/mol. The molecule has 0 fully saturated rings. The van der Waals surface area contributed by atoms with E-state index in [1.165, 1.54) is 6.92 Å². The van der Waals surface area contributed by atoms with E-state index < -0.39 is 27.1 Å². The van der Waals surface area contributed by atoms with Gasteiger partial charge in [-0.2, -0.15) is 0 Å². The molecule has 0 heterocycles. The van der Waals surface area contributed by atoms with E-state index in [4.69, 9.17) is 0 Å². The molecule has 0 radical (unpaired) electrons. The number of carbonyl (C=O) groups excluding carboxylic acids is 1. The van der Waals surface area contributed by atoms with Crippen LogP contribution in [0.25, 0.3) is 0 Å². The fourth-order valence-corrected chi connectivity index (χ4v) is 2.73. The molecule has 8 nitrogen and oxygen atoms in total. The van der Waals surface area contributed by atoms with Crippen LogP contribution in [-0.2, 0) is 0 Å². The number of rotatable bonds is 6. The minimum Gasteiger partial charge on any atom is -0.345 e. The van der Waals surface area contributed by atoms with Gasteiger partial charge in [0.2, 0.25) is 0 Å². The Morgan fingerprint density at radius 3 is 2.15 bits per heavy atom. The van der Waals surface area contributed by atoms with Gasteiger partial charge in [-0.05, 0) is 18.4 Å². The zero-order valence-electron chi connectivity index (χ0n) is 14.6. The Hall–Kier alpha value is -3.29. The quantitative estimate of drug-likeness (QED) is 0.621. The lowest BCUT2D eigenvalue weighted by Gasteiger charge is -2.23. The standard InChI is InChI=1S/C18H19N3O5/c1-11(2)17(13-7-5-4-6-8-13)19-18(22)15-9-14(20(23)24)10-16(12(15)3)21(25)26/h4-11,17H,1-3H3,(H,19,22). The third-order valence-corrected chi connectivity index (χ3v) is 4.13. The second-order valence-corrected chi connectivity index (χ2v) is 6.26. The molecular formula is C18H19N3O5. The van der Waals surface area contributed by atoms with E-state index in [-0.39, 0.29) is 23.1 Å². The Morgan fingerprint density at radius 2 is 1.65 bits per heavy atom. The van der Waals surface area contributed by atoms with E-state index in [9.17, 15) is 25.0 Å². The van der Waals surface area contributed by atoms with Crippen molar-refractivity contribution in [2.24, 2.45) is 5.92 Å². The van der Waals surface area contributed by atoms with Gasteiger partial charge in [0.1, 0.15) is 0 Å². The molecule has 1 unspecified atom stereocenters. The number of nitrogens with zero attached hydrogens (tertiary/aromatic N) is 2. The average molecular weight is 357 g/mol. The van der Waals surface area contributed by atoms with E-state index in [1.54, 1.807) is 0 Å². The van der Waals surface area contributed by atoms with Crippen molar-refractivity contribution >= 4 is 17.3 Å². The van der Waals surface area contributed by atoms with Gasteiger partial charge in [-0.1, -0.05) is 44.2 Å². The monoisotopic (exact) mass is 357 g/mol. The molecule has 1 N–H and O–H groups in total. The van der Waals surface area contributed by atoms with Crippen LogP contribution in [0.4, 0.5) is 11.4 Å². The number of hydrogen-bond acceptors (Lipinski definition) is 5. The van der Waals surface area contributed by atoms with Gasteiger partial charge in [-0.25, -0.2) is 0 Å². The number of nitrogens with one attached hydrogen (secondary N) is 1. The molecule has 136 valence electrons. The number of nitro groups is 2. The molecule has 0 spiro atoms. The van der Waals surface area contributed by atoms with Gasteiger partial charge in [0, 0.05) is 11.6 Å². The number of hydrogen-bond donors (Lipinski definition) is 1. The van der Waals surface area contributed by atoms with E-state index in [1.807, 2.05) is 44.2 Å². The van der Waals surface area contributed by atoms with Crippen LogP contribution in [0.2, 0.25) is 0 Å². The molecule has 26 heavy (non-hydrogen) atoms. The van der Waals surface area contributed by atoms with Crippen LogP contribution >= 0.6 is 0 Å². The Kier molecular flexibility index (Phi) is 5.66. The van der Waals surface area contributed by atoms with Crippen molar-refractivity contribution in [3.8, 4) is 0 Å². The van der Waals surface area contributed by atoms with Gasteiger partial charge >= 0.3 is 0 Å². The summed E-state index contributed by atoms with van der Waals surface area (Å²) in [5.41, 5.74) is -0.0481. The summed E-state index contributed by atoms with van der Waals surface area (Å²) in [6.07, 6.45) is 0. The highest BCUT2D eigenvalue weighted by Crippen LogP contribution is 2.29. The Morgan fingerprint density at radius 1 is 1.04 bits per heavy atom. The minimum atomic E-state index is -0.750. The smallest absolute Gasteiger partial charge is 0.279 e. The van der Waals surface area contributed by atoms with Crippen molar-refractivity contribution in [1.82, 2.24) is 5.32 Å². The average Bonchev–Trinajstić information content (AvgIpc) is 2.59. The molecule has 8 heteroatoms. The van der Waals surface area contributed by atoms with Crippen LogP contribution in [-0.4, -0.2) is 15.8 Å². The summed E-state index contributed by atoms with van der Waals surface area (Å²) in [5.74, 6) is -0.535. The highest BCUT2D eigenvalue weighted by molar-refractivity contribution is 5.97. The molecule has 0 aliphatic carbocycles. The summed E-state index contributed by atoms with van der Waals surface area (Å²) >= 11 is 0. The molecule has 0 saturated carbocycles. The first-order valence-electron chi connectivity index (χ1n) is 8.01. The summed E-state index contributed by atoms with van der Waals surface area (Å²) in [6, 6.07) is 10.9. The van der Waals surface area contributed by atoms with Gasteiger partial charge in [-0.15, -0.1) is 0 Å². The molecular weight excluding hydrogens is 338 g/mol. The third-order valence-electron chi connectivity index (χ3n) is 4.13. The lowest BCUT2D eigenvalue weighted by Crippen LogP contribution is -2.32. The highest BCUT2D eigenvalue weighted by Gasteiger charge is 2.27. The molecule has 0 aliphatic rings. The number of non-ortho nitro benzene ring substituents is 1. The van der Waals surface area contributed by atoms with Crippen molar-refractivity contribution in [3.63, 3.8) is 0 Å². The molecule has 1 amide bonds. The second kappa shape index (κ2) is 7.73. The summed E-state index contributed by atoms with van der Waals surface area (Å²) in [6.45, 7) is 5.27. The fourth-order valence-electron chi connectivity index (χ4n) is 2.73. The van der Waals surface area contributed by atoms with Gasteiger partial charge < -0.3 is 5.32 Å². The number of benzene rings is 2. The second-order valence-electron chi connectivity index (χ2n) is 6.26. The fraction of sp³-hybridized carbons (Fsp3) is 0.278. The number of carbonyl (C=O) groups is 1. The Balaban J connectivity index is 2.45. The van der Waals surface area contributed by atoms with Gasteiger partial charge in [0.25, 0.3) is 17.3 Å². The first-order chi connectivity index (χ1) is 12.2. The SMILES string of the molecule is Cc1c(C(=O)NC(c2ccccc2)C(C)C)cc([N+](=O)[O-])cc1[N+](=O)[O-]. The molecule has 0 aromatic heterocycles. The van der Waals surface area contributed by atoms with Crippen LogP contribution in [0.15, 0.2) is 42.5 Å². The summed E-state index contributed by atoms with van der Waals surface area (Å²) in [7, 11) is 0.